The molecule has 8 nitrogen and oxygen atoms in total. The summed E-state index contributed by atoms with van der Waals surface area (Å²) < 4.78 is 20.2. The van der Waals surface area contributed by atoms with Crippen molar-refractivity contribution in [3.8, 4) is 5.75 Å². The molecule has 0 unspecified atom stereocenters. The van der Waals surface area contributed by atoms with Crippen molar-refractivity contribution in [2.45, 2.75) is 90.3 Å². The third-order valence-electron chi connectivity index (χ3n) is 10.6. The average molecular weight is 775 g/mol. The van der Waals surface area contributed by atoms with Gasteiger partial charge in [-0.15, -0.1) is 0 Å². The summed E-state index contributed by atoms with van der Waals surface area (Å²) in [6.45, 7) is 7.31. The highest BCUT2D eigenvalue weighted by atomic mass is 79.9. The van der Waals surface area contributed by atoms with Gasteiger partial charge in [0.25, 0.3) is 5.91 Å². The number of carbonyl (C=O) groups is 3. The zero-order valence-electron chi connectivity index (χ0n) is 30.3. The summed E-state index contributed by atoms with van der Waals surface area (Å²) in [4.78, 5) is 43.8. The van der Waals surface area contributed by atoms with Gasteiger partial charge in [-0.25, -0.2) is 4.39 Å². The Morgan fingerprint density at radius 2 is 1.69 bits per heavy atom. The molecule has 3 aromatic rings. The Labute approximate surface area is 314 Å². The van der Waals surface area contributed by atoms with Crippen LogP contribution in [-0.4, -0.2) is 77.1 Å². The minimum Gasteiger partial charge on any atom is -0.492 e. The van der Waals surface area contributed by atoms with Crippen molar-refractivity contribution in [2.24, 2.45) is 5.41 Å². The van der Waals surface area contributed by atoms with Crippen LogP contribution in [0.3, 0.4) is 0 Å². The average Bonchev–Trinajstić information content (AvgIpc) is 3.96. The van der Waals surface area contributed by atoms with E-state index in [4.69, 9.17) is 4.74 Å². The second kappa shape index (κ2) is 16.3. The van der Waals surface area contributed by atoms with Gasteiger partial charge in [0.05, 0.1) is 22.5 Å². The molecular weight excluding hydrogens is 725 g/mol. The molecule has 10 heteroatoms. The molecule has 2 heterocycles. The van der Waals surface area contributed by atoms with Crippen LogP contribution in [0, 0.1) is 18.2 Å². The van der Waals surface area contributed by atoms with E-state index in [0.29, 0.717) is 42.9 Å². The van der Waals surface area contributed by atoms with E-state index in [1.807, 2.05) is 4.90 Å². The Bertz CT molecular complexity index is 1800. The largest absolute Gasteiger partial charge is 0.492 e. The highest BCUT2D eigenvalue weighted by Gasteiger charge is 2.43. The number of ether oxygens (including phenoxy) is 1. The molecule has 52 heavy (non-hydrogen) atoms. The smallest absolute Gasteiger partial charge is 0.309 e. The van der Waals surface area contributed by atoms with Gasteiger partial charge in [0, 0.05) is 49.8 Å². The number of carboxylic acids is 1. The number of carbonyl (C=O) groups excluding carboxylic acids is 2. The fraction of sp³-hybridized carbons (Fsp3) is 0.452. The van der Waals surface area contributed by atoms with Gasteiger partial charge in [-0.05, 0) is 116 Å². The Hall–Kier alpha value is -4.02. The molecule has 1 saturated heterocycles. The molecule has 6 rings (SSSR count). The Balaban J connectivity index is 1.21. The maximum absolute atomic E-state index is 14.8. The predicted octanol–water partition coefficient (Wildman–Crippen LogP) is 7.36. The van der Waals surface area contributed by atoms with E-state index < -0.39 is 11.4 Å². The van der Waals surface area contributed by atoms with Gasteiger partial charge >= 0.3 is 5.97 Å². The lowest BCUT2D eigenvalue weighted by molar-refractivity contribution is -0.148. The van der Waals surface area contributed by atoms with E-state index in [1.165, 1.54) is 23.3 Å². The number of rotatable bonds is 15. The molecule has 2 bridgehead atoms. The molecule has 2 aliphatic heterocycles. The highest BCUT2D eigenvalue weighted by molar-refractivity contribution is 9.10. The van der Waals surface area contributed by atoms with E-state index >= 15 is 0 Å². The van der Waals surface area contributed by atoms with Crippen LogP contribution in [-0.2, 0) is 27.2 Å². The lowest BCUT2D eigenvalue weighted by atomic mass is 9.82. The van der Waals surface area contributed by atoms with Gasteiger partial charge in [-0.1, -0.05) is 54.1 Å². The first-order valence-electron chi connectivity index (χ1n) is 18.4. The van der Waals surface area contributed by atoms with E-state index in [-0.39, 0.29) is 48.6 Å². The number of nitrogens with one attached hydrogen (secondary N) is 1. The van der Waals surface area contributed by atoms with Gasteiger partial charge in [-0.2, -0.15) is 0 Å². The van der Waals surface area contributed by atoms with Gasteiger partial charge < -0.3 is 25.0 Å². The first-order chi connectivity index (χ1) is 24.9. The fourth-order valence-electron chi connectivity index (χ4n) is 7.17. The molecule has 0 spiro atoms. The van der Waals surface area contributed by atoms with Crippen molar-refractivity contribution in [3.05, 3.63) is 105 Å². The summed E-state index contributed by atoms with van der Waals surface area (Å²) in [5.41, 5.74) is 5.34. The molecule has 2 amide bonds. The normalized spacial score (nSPS) is 18.7. The fourth-order valence-corrected chi connectivity index (χ4v) is 7.53. The summed E-state index contributed by atoms with van der Waals surface area (Å²) in [6, 6.07) is 21.2. The van der Waals surface area contributed by atoms with E-state index in [2.05, 4.69) is 81.6 Å². The zero-order chi connectivity index (χ0) is 37.0. The Kier molecular flexibility index (Phi) is 11.9. The van der Waals surface area contributed by atoms with E-state index in [1.54, 1.807) is 19.9 Å². The molecule has 2 fully saturated rings. The molecule has 0 radical (unpaired) electrons. The minimum absolute atomic E-state index is 0.0253. The molecule has 276 valence electrons. The number of halogens is 2. The predicted molar refractivity (Wildman–Crippen MR) is 203 cm³/mol. The number of benzene rings is 3. The summed E-state index contributed by atoms with van der Waals surface area (Å²) >= 11 is 3.41. The Morgan fingerprint density at radius 3 is 2.38 bits per heavy atom. The molecule has 0 aromatic heterocycles. The number of amides is 2. The number of nitrogens with zero attached hydrogens (tertiary/aromatic N) is 2. The van der Waals surface area contributed by atoms with Crippen molar-refractivity contribution in [1.29, 1.82) is 0 Å². The van der Waals surface area contributed by atoms with Crippen LogP contribution >= 0.6 is 15.9 Å². The summed E-state index contributed by atoms with van der Waals surface area (Å²) in [5.74, 6) is -0.808. The second-order valence-corrected chi connectivity index (χ2v) is 16.0. The van der Waals surface area contributed by atoms with Crippen LogP contribution in [0.5, 0.6) is 5.75 Å². The van der Waals surface area contributed by atoms with Crippen LogP contribution in [0.4, 0.5) is 4.39 Å². The lowest BCUT2D eigenvalue weighted by Crippen LogP contribution is -2.62. The van der Waals surface area contributed by atoms with Crippen LogP contribution < -0.4 is 10.1 Å². The summed E-state index contributed by atoms with van der Waals surface area (Å²) in [5, 5.41) is 13.3. The first kappa shape index (κ1) is 37.7. The van der Waals surface area contributed by atoms with Crippen molar-refractivity contribution in [3.63, 3.8) is 0 Å². The monoisotopic (exact) mass is 773 g/mol. The number of aryl methyl sites for hydroxylation is 2. The van der Waals surface area contributed by atoms with Crippen molar-refractivity contribution < 1.29 is 28.6 Å². The van der Waals surface area contributed by atoms with Crippen LogP contribution in [0.2, 0.25) is 0 Å². The molecule has 2 atom stereocenters. The third-order valence-corrected chi connectivity index (χ3v) is 11.3. The minimum atomic E-state index is -0.992. The topological polar surface area (TPSA) is 99.2 Å². The molecular formula is C42H49BrFN3O5. The van der Waals surface area contributed by atoms with Crippen LogP contribution in [0.15, 0.2) is 76.8 Å². The van der Waals surface area contributed by atoms with Crippen molar-refractivity contribution in [2.75, 3.05) is 26.2 Å². The van der Waals surface area contributed by atoms with E-state index in [9.17, 15) is 23.9 Å². The summed E-state index contributed by atoms with van der Waals surface area (Å²) in [7, 11) is 0. The number of fused-ring (bicyclic) bond motifs is 2. The lowest BCUT2D eigenvalue weighted by Gasteiger charge is -2.45. The second-order valence-electron chi connectivity index (χ2n) is 15.2. The molecule has 1 aliphatic carbocycles. The maximum Gasteiger partial charge on any atom is 0.309 e. The molecule has 1 saturated carbocycles. The number of carboxylic acid groups (broad SMARTS) is 1. The van der Waals surface area contributed by atoms with Gasteiger partial charge in [0.15, 0.2) is 0 Å². The summed E-state index contributed by atoms with van der Waals surface area (Å²) in [6.07, 6.45) is 5.29. The molecule has 3 aromatic carbocycles. The highest BCUT2D eigenvalue weighted by Crippen LogP contribution is 2.37. The standard InChI is InChI=1S/C42H49BrFN3O5/c1-27-6-8-29(9-7-27)19-21-47(33-15-16-33)40(49)39-34(24-32-25-46(26-36(39)45-32)38(48)18-20-42(2,3)41(50)51)30-12-10-28(11-13-30)5-4-22-52-37-23-31(44)14-17-35(37)43/h6-14,17,23,32-33,36,45H,4-5,15-16,18-22,24-26H2,1-3H3,(H,50,51)/t32-,36-/m1/s1. The first-order valence-corrected chi connectivity index (χ1v) is 19.2. The molecule has 2 N–H and O–H groups in total. The van der Waals surface area contributed by atoms with Gasteiger partial charge in [0.2, 0.25) is 5.91 Å². The number of hydrogen-bond acceptors (Lipinski definition) is 5. The SMILES string of the molecule is Cc1ccc(CCN(C(=O)C2=C(c3ccc(CCCOc4cc(F)ccc4Br)cc3)C[C@@H]3CN(C(=O)CCC(C)(C)C(=O)O)C[C@H]2N3)C2CC2)cc1. The maximum atomic E-state index is 14.8. The van der Waals surface area contributed by atoms with E-state index in [0.717, 1.165) is 54.4 Å². The van der Waals surface area contributed by atoms with Gasteiger partial charge in [0.1, 0.15) is 11.6 Å². The quantitative estimate of drug-likeness (QED) is 0.157. The number of aliphatic carboxylic acids is 1. The number of piperazine rings is 1. The van der Waals surface area contributed by atoms with Crippen LogP contribution in [0.1, 0.15) is 74.6 Å². The van der Waals surface area contributed by atoms with Crippen molar-refractivity contribution in [1.82, 2.24) is 15.1 Å². The van der Waals surface area contributed by atoms with Crippen LogP contribution in [0.25, 0.3) is 5.57 Å². The van der Waals surface area contributed by atoms with Gasteiger partial charge in [-0.3, -0.25) is 14.4 Å². The Morgan fingerprint density at radius 1 is 1.00 bits per heavy atom. The van der Waals surface area contributed by atoms with Crippen molar-refractivity contribution >= 4 is 39.3 Å². The number of hydrogen-bond donors (Lipinski definition) is 2. The molecule has 3 aliphatic rings. The zero-order valence-corrected chi connectivity index (χ0v) is 31.9. The third kappa shape index (κ3) is 9.31.